The average molecular weight is 765 g/mol. The molecule has 0 aromatic heterocycles. The molecule has 6 heteroatoms. The molecule has 0 aromatic rings. The zero-order chi connectivity index (χ0) is 39.7. The maximum Gasteiger partial charge on any atom is 0.306 e. The lowest BCUT2D eigenvalue weighted by Crippen LogP contribution is -2.30. The van der Waals surface area contributed by atoms with Gasteiger partial charge in [0.25, 0.3) is 0 Å². The molecule has 0 bridgehead atoms. The lowest BCUT2D eigenvalue weighted by molar-refractivity contribution is -0.167. The molecule has 0 N–H and O–H groups in total. The Labute approximate surface area is 336 Å². The predicted octanol–water partition coefficient (Wildman–Crippen LogP) is 15.0. The van der Waals surface area contributed by atoms with E-state index in [4.69, 9.17) is 14.2 Å². The van der Waals surface area contributed by atoms with Crippen molar-refractivity contribution in [2.24, 2.45) is 11.8 Å². The second kappa shape index (κ2) is 41.1. The van der Waals surface area contributed by atoms with Gasteiger partial charge in [-0.3, -0.25) is 14.4 Å². The van der Waals surface area contributed by atoms with Gasteiger partial charge < -0.3 is 14.2 Å². The van der Waals surface area contributed by atoms with E-state index in [1.165, 1.54) is 148 Å². The molecule has 0 fully saturated rings. The SMILES string of the molecule is CCCCCCCCCCCC(=O)OC[C@@H](COC(=O)CCCCCCCCCCCCCCC(C)C)OC(=O)CCCCCCCCCCCC(C)C. The summed E-state index contributed by atoms with van der Waals surface area (Å²) in [5.74, 6) is 0.782. The summed E-state index contributed by atoms with van der Waals surface area (Å²) in [5.41, 5.74) is 0. The van der Waals surface area contributed by atoms with Gasteiger partial charge in [-0.15, -0.1) is 0 Å². The summed E-state index contributed by atoms with van der Waals surface area (Å²) >= 11 is 0. The highest BCUT2D eigenvalue weighted by Gasteiger charge is 2.19. The van der Waals surface area contributed by atoms with Gasteiger partial charge in [0.2, 0.25) is 0 Å². The molecule has 54 heavy (non-hydrogen) atoms. The van der Waals surface area contributed by atoms with E-state index in [9.17, 15) is 14.4 Å². The Hall–Kier alpha value is -1.59. The summed E-state index contributed by atoms with van der Waals surface area (Å²) in [5, 5.41) is 0. The van der Waals surface area contributed by atoms with Gasteiger partial charge in [-0.25, -0.2) is 0 Å². The third-order valence-corrected chi connectivity index (χ3v) is 10.7. The molecule has 0 rings (SSSR count). The summed E-state index contributed by atoms with van der Waals surface area (Å²) < 4.78 is 16.7. The second-order valence-corrected chi connectivity index (χ2v) is 17.3. The third kappa shape index (κ3) is 41.6. The standard InChI is InChI=1S/C48H92O6/c1-6-7-8-9-10-16-23-28-33-38-46(49)52-41-45(54-48(51)40-35-30-25-20-15-18-22-27-32-37-44(4)5)42-53-47(50)39-34-29-24-19-14-12-11-13-17-21-26-31-36-43(2)3/h43-45H,6-42H2,1-5H3/t45-/m0/s1. The maximum atomic E-state index is 12.7. The Morgan fingerprint density at radius 3 is 0.907 bits per heavy atom. The number of hydrogen-bond acceptors (Lipinski definition) is 6. The van der Waals surface area contributed by atoms with Gasteiger partial charge in [-0.2, -0.15) is 0 Å². The topological polar surface area (TPSA) is 78.9 Å². The number of hydrogen-bond donors (Lipinski definition) is 0. The van der Waals surface area contributed by atoms with Crippen LogP contribution in [0.25, 0.3) is 0 Å². The zero-order valence-electron chi connectivity index (χ0n) is 36.8. The van der Waals surface area contributed by atoms with Crippen LogP contribution < -0.4 is 0 Å². The summed E-state index contributed by atoms with van der Waals surface area (Å²) in [6, 6.07) is 0. The Kier molecular flexibility index (Phi) is 39.8. The van der Waals surface area contributed by atoms with Crippen molar-refractivity contribution in [2.45, 2.75) is 265 Å². The van der Waals surface area contributed by atoms with Crippen LogP contribution in [-0.2, 0) is 28.6 Å². The minimum absolute atomic E-state index is 0.0647. The zero-order valence-corrected chi connectivity index (χ0v) is 36.8. The van der Waals surface area contributed by atoms with E-state index in [1.54, 1.807) is 0 Å². The molecule has 0 aliphatic heterocycles. The van der Waals surface area contributed by atoms with Crippen LogP contribution in [-0.4, -0.2) is 37.2 Å². The van der Waals surface area contributed by atoms with Gasteiger partial charge in [-0.1, -0.05) is 221 Å². The smallest absolute Gasteiger partial charge is 0.306 e. The van der Waals surface area contributed by atoms with E-state index in [0.717, 1.165) is 69.6 Å². The fourth-order valence-corrected chi connectivity index (χ4v) is 7.11. The normalized spacial score (nSPS) is 12.1. The fraction of sp³-hybridized carbons (Fsp3) is 0.938. The van der Waals surface area contributed by atoms with Gasteiger partial charge in [0, 0.05) is 19.3 Å². The fourth-order valence-electron chi connectivity index (χ4n) is 7.11. The molecule has 0 radical (unpaired) electrons. The number of unbranched alkanes of at least 4 members (excludes halogenated alkanes) is 27. The highest BCUT2D eigenvalue weighted by atomic mass is 16.6. The summed E-state index contributed by atoms with van der Waals surface area (Å²) in [6.07, 6.45) is 39.5. The van der Waals surface area contributed by atoms with Gasteiger partial charge in [-0.05, 0) is 31.1 Å². The molecule has 0 saturated carbocycles. The summed E-state index contributed by atoms with van der Waals surface area (Å²) in [4.78, 5) is 37.7. The molecule has 0 unspecified atom stereocenters. The summed E-state index contributed by atoms with van der Waals surface area (Å²) in [6.45, 7) is 11.3. The van der Waals surface area contributed by atoms with E-state index in [2.05, 4.69) is 34.6 Å². The maximum absolute atomic E-state index is 12.7. The first-order valence-electron chi connectivity index (χ1n) is 23.7. The Morgan fingerprint density at radius 1 is 0.352 bits per heavy atom. The van der Waals surface area contributed by atoms with E-state index in [-0.39, 0.29) is 31.1 Å². The number of ether oxygens (including phenoxy) is 3. The molecule has 0 saturated heterocycles. The number of rotatable bonds is 42. The highest BCUT2D eigenvalue weighted by Crippen LogP contribution is 2.17. The molecule has 320 valence electrons. The Balaban J connectivity index is 4.29. The van der Waals surface area contributed by atoms with Crippen molar-refractivity contribution in [3.05, 3.63) is 0 Å². The number of carbonyl (C=O) groups excluding carboxylic acids is 3. The first-order valence-corrected chi connectivity index (χ1v) is 23.7. The van der Waals surface area contributed by atoms with Crippen LogP contribution in [0.4, 0.5) is 0 Å². The molecule has 0 aliphatic carbocycles. The van der Waals surface area contributed by atoms with E-state index in [1.807, 2.05) is 0 Å². The van der Waals surface area contributed by atoms with Crippen molar-refractivity contribution in [1.29, 1.82) is 0 Å². The van der Waals surface area contributed by atoms with Gasteiger partial charge in [0.1, 0.15) is 13.2 Å². The van der Waals surface area contributed by atoms with Crippen molar-refractivity contribution in [1.82, 2.24) is 0 Å². The lowest BCUT2D eigenvalue weighted by atomic mass is 10.0. The van der Waals surface area contributed by atoms with Crippen molar-refractivity contribution in [3.8, 4) is 0 Å². The third-order valence-electron chi connectivity index (χ3n) is 10.7. The number of carbonyl (C=O) groups is 3. The van der Waals surface area contributed by atoms with Crippen LogP contribution in [0.2, 0.25) is 0 Å². The minimum Gasteiger partial charge on any atom is -0.462 e. The molecular weight excluding hydrogens is 673 g/mol. The van der Waals surface area contributed by atoms with Crippen LogP contribution in [0.1, 0.15) is 259 Å². The molecule has 0 spiro atoms. The minimum atomic E-state index is -0.760. The van der Waals surface area contributed by atoms with Crippen LogP contribution in [0, 0.1) is 11.8 Å². The molecule has 0 amide bonds. The molecule has 0 heterocycles. The Morgan fingerprint density at radius 2 is 0.611 bits per heavy atom. The monoisotopic (exact) mass is 765 g/mol. The van der Waals surface area contributed by atoms with Crippen LogP contribution in [0.15, 0.2) is 0 Å². The highest BCUT2D eigenvalue weighted by molar-refractivity contribution is 5.71. The van der Waals surface area contributed by atoms with E-state index < -0.39 is 6.10 Å². The van der Waals surface area contributed by atoms with Gasteiger partial charge in [0.15, 0.2) is 6.10 Å². The molecule has 0 aromatic carbocycles. The Bertz CT molecular complexity index is 824. The van der Waals surface area contributed by atoms with Gasteiger partial charge >= 0.3 is 17.9 Å². The van der Waals surface area contributed by atoms with E-state index >= 15 is 0 Å². The van der Waals surface area contributed by atoms with Crippen molar-refractivity contribution < 1.29 is 28.6 Å². The van der Waals surface area contributed by atoms with Crippen molar-refractivity contribution in [2.75, 3.05) is 13.2 Å². The van der Waals surface area contributed by atoms with Crippen molar-refractivity contribution >= 4 is 17.9 Å². The molecule has 0 aliphatic rings. The molecular formula is C48H92O6. The van der Waals surface area contributed by atoms with Crippen LogP contribution in [0.3, 0.4) is 0 Å². The van der Waals surface area contributed by atoms with Crippen molar-refractivity contribution in [3.63, 3.8) is 0 Å². The predicted molar refractivity (Wildman–Crippen MR) is 229 cm³/mol. The molecule has 1 atom stereocenters. The lowest BCUT2D eigenvalue weighted by Gasteiger charge is -2.18. The van der Waals surface area contributed by atoms with Gasteiger partial charge in [0.05, 0.1) is 0 Å². The second-order valence-electron chi connectivity index (χ2n) is 17.3. The van der Waals surface area contributed by atoms with Crippen LogP contribution in [0.5, 0.6) is 0 Å². The van der Waals surface area contributed by atoms with Crippen LogP contribution >= 0.6 is 0 Å². The van der Waals surface area contributed by atoms with E-state index in [0.29, 0.717) is 19.3 Å². The quantitative estimate of drug-likeness (QED) is 0.0350. The molecule has 6 nitrogen and oxygen atoms in total. The number of esters is 3. The first kappa shape index (κ1) is 52.4. The average Bonchev–Trinajstić information content (AvgIpc) is 3.14. The summed E-state index contributed by atoms with van der Waals surface area (Å²) in [7, 11) is 0. The largest absolute Gasteiger partial charge is 0.462 e. The first-order chi connectivity index (χ1) is 26.2.